The summed E-state index contributed by atoms with van der Waals surface area (Å²) in [6.07, 6.45) is 2.40. The average Bonchev–Trinajstić information content (AvgIpc) is 2.45. The van der Waals surface area contributed by atoms with E-state index in [2.05, 4.69) is 5.32 Å². The number of carbonyl (C=O) groups excluding carboxylic acids is 1. The molecule has 0 heterocycles. The second kappa shape index (κ2) is 8.17. The second-order valence-electron chi connectivity index (χ2n) is 4.75. The van der Waals surface area contributed by atoms with Crippen LogP contribution in [0.5, 0.6) is 0 Å². The summed E-state index contributed by atoms with van der Waals surface area (Å²) in [5, 5.41) is 3.35. The Bertz CT molecular complexity index is 411. The Morgan fingerprint density at radius 3 is 2.80 bits per heavy atom. The molecule has 0 saturated heterocycles. The predicted octanol–water partition coefficient (Wildman–Crippen LogP) is 2.82. The molecule has 4 nitrogen and oxygen atoms in total. The van der Waals surface area contributed by atoms with E-state index in [9.17, 15) is 4.79 Å². The summed E-state index contributed by atoms with van der Waals surface area (Å²) in [4.78, 5) is 11.5. The third-order valence-electron chi connectivity index (χ3n) is 3.37. The fourth-order valence-corrected chi connectivity index (χ4v) is 3.32. The van der Waals surface area contributed by atoms with Gasteiger partial charge in [-0.3, -0.25) is 0 Å². The number of amides is 1. The van der Waals surface area contributed by atoms with Gasteiger partial charge >= 0.3 is 6.09 Å². The number of methoxy groups -OCH3 is 1. The molecule has 110 valence electrons. The summed E-state index contributed by atoms with van der Waals surface area (Å²) in [6, 6.07) is 9.67. The summed E-state index contributed by atoms with van der Waals surface area (Å²) in [5.41, 5.74) is 0.995. The molecule has 2 atom stereocenters. The van der Waals surface area contributed by atoms with Gasteiger partial charge in [0.1, 0.15) is 6.61 Å². The van der Waals surface area contributed by atoms with Crippen LogP contribution in [0.3, 0.4) is 0 Å². The number of carbonyl (C=O) groups is 1. The van der Waals surface area contributed by atoms with Gasteiger partial charge in [0.2, 0.25) is 0 Å². The van der Waals surface area contributed by atoms with Gasteiger partial charge < -0.3 is 14.8 Å². The number of nitrogens with one attached hydrogen (secondary N) is 1. The summed E-state index contributed by atoms with van der Waals surface area (Å²) >= 11 is 1.86. The van der Waals surface area contributed by atoms with Crippen LogP contribution in [0.2, 0.25) is 0 Å². The maximum absolute atomic E-state index is 11.5. The van der Waals surface area contributed by atoms with Gasteiger partial charge in [0.05, 0.1) is 6.10 Å². The van der Waals surface area contributed by atoms with E-state index in [-0.39, 0.29) is 6.09 Å². The molecule has 0 radical (unpaired) electrons. The lowest BCUT2D eigenvalue weighted by molar-refractivity contribution is 0.0481. The second-order valence-corrected chi connectivity index (χ2v) is 6.10. The van der Waals surface area contributed by atoms with Crippen molar-refractivity contribution in [3.05, 3.63) is 35.9 Å². The zero-order chi connectivity index (χ0) is 14.2. The number of hydrogen-bond donors (Lipinski definition) is 1. The molecule has 0 aliphatic heterocycles. The van der Waals surface area contributed by atoms with Crippen LogP contribution in [0.15, 0.2) is 30.3 Å². The number of ether oxygens (including phenoxy) is 2. The molecule has 1 N–H and O–H groups in total. The Morgan fingerprint density at radius 1 is 1.35 bits per heavy atom. The van der Waals surface area contributed by atoms with Crippen molar-refractivity contribution in [1.29, 1.82) is 0 Å². The van der Waals surface area contributed by atoms with E-state index in [0.29, 0.717) is 24.5 Å². The molecule has 1 aromatic carbocycles. The van der Waals surface area contributed by atoms with Crippen molar-refractivity contribution in [2.75, 3.05) is 19.4 Å². The average molecular weight is 295 g/mol. The Hall–Kier alpha value is -1.20. The van der Waals surface area contributed by atoms with Crippen LogP contribution in [0.25, 0.3) is 0 Å². The van der Waals surface area contributed by atoms with Crippen molar-refractivity contribution in [2.24, 2.45) is 0 Å². The number of thioether (sulfide) groups is 1. The van der Waals surface area contributed by atoms with Crippen LogP contribution < -0.4 is 5.32 Å². The van der Waals surface area contributed by atoms with Gasteiger partial charge in [-0.1, -0.05) is 30.3 Å². The lowest BCUT2D eigenvalue weighted by Gasteiger charge is -2.34. The lowest BCUT2D eigenvalue weighted by atomic mass is 9.95. The van der Waals surface area contributed by atoms with Crippen LogP contribution >= 0.6 is 11.8 Å². The number of alkyl carbamates (subject to hydrolysis) is 1. The summed E-state index contributed by atoms with van der Waals surface area (Å²) in [5.74, 6) is 0.894. The monoisotopic (exact) mass is 295 g/mol. The van der Waals surface area contributed by atoms with E-state index in [1.807, 2.05) is 42.1 Å². The minimum atomic E-state index is -0.355. The number of rotatable bonds is 7. The van der Waals surface area contributed by atoms with Crippen molar-refractivity contribution in [2.45, 2.75) is 30.8 Å². The first kappa shape index (κ1) is 15.2. The molecule has 1 aliphatic carbocycles. The van der Waals surface area contributed by atoms with Crippen LogP contribution in [-0.4, -0.2) is 36.9 Å². The first-order chi connectivity index (χ1) is 9.79. The first-order valence-electron chi connectivity index (χ1n) is 6.88. The zero-order valence-corrected chi connectivity index (χ0v) is 12.5. The molecule has 20 heavy (non-hydrogen) atoms. The molecule has 5 heteroatoms. The number of hydrogen-bond acceptors (Lipinski definition) is 4. The third-order valence-corrected chi connectivity index (χ3v) is 4.78. The maximum atomic E-state index is 11.5. The Labute approximate surface area is 124 Å². The summed E-state index contributed by atoms with van der Waals surface area (Å²) in [6.45, 7) is 0.944. The minimum absolute atomic E-state index is 0.314. The molecule has 0 spiro atoms. The third kappa shape index (κ3) is 4.72. The maximum Gasteiger partial charge on any atom is 0.407 e. The Balaban J connectivity index is 1.52. The molecular formula is C15H21NO3S. The van der Waals surface area contributed by atoms with Crippen molar-refractivity contribution in [1.82, 2.24) is 5.32 Å². The van der Waals surface area contributed by atoms with Crippen LogP contribution in [0.1, 0.15) is 18.4 Å². The predicted molar refractivity (Wildman–Crippen MR) is 80.9 cm³/mol. The SMILES string of the molecule is COC1CC[C@H]1SCCNC(=O)OCc1ccccc1. The van der Waals surface area contributed by atoms with E-state index in [1.165, 1.54) is 6.42 Å². The van der Waals surface area contributed by atoms with Gasteiger partial charge in [-0.2, -0.15) is 11.8 Å². The highest BCUT2D eigenvalue weighted by Crippen LogP contribution is 2.33. The molecule has 1 aromatic rings. The largest absolute Gasteiger partial charge is 0.445 e. The van der Waals surface area contributed by atoms with E-state index in [1.54, 1.807) is 7.11 Å². The molecule has 1 amide bonds. The molecule has 2 rings (SSSR count). The van der Waals surface area contributed by atoms with Crippen molar-refractivity contribution >= 4 is 17.9 Å². The van der Waals surface area contributed by atoms with Gasteiger partial charge in [0.25, 0.3) is 0 Å². The highest BCUT2D eigenvalue weighted by molar-refractivity contribution is 8.00. The topological polar surface area (TPSA) is 47.6 Å². The van der Waals surface area contributed by atoms with Crippen molar-refractivity contribution in [3.8, 4) is 0 Å². The van der Waals surface area contributed by atoms with Gasteiger partial charge in [-0.15, -0.1) is 0 Å². The first-order valence-corrected chi connectivity index (χ1v) is 7.93. The molecule has 1 unspecified atom stereocenters. The van der Waals surface area contributed by atoms with Crippen LogP contribution in [0, 0.1) is 0 Å². The van der Waals surface area contributed by atoms with Crippen LogP contribution in [0.4, 0.5) is 4.79 Å². The Kier molecular flexibility index (Phi) is 6.21. The van der Waals surface area contributed by atoms with Gasteiger partial charge in [0.15, 0.2) is 0 Å². The Morgan fingerprint density at radius 2 is 2.15 bits per heavy atom. The summed E-state index contributed by atoms with van der Waals surface area (Å²) in [7, 11) is 1.76. The van der Waals surface area contributed by atoms with Gasteiger partial charge in [0, 0.05) is 24.7 Å². The normalized spacial score (nSPS) is 21.1. The minimum Gasteiger partial charge on any atom is -0.445 e. The highest BCUT2D eigenvalue weighted by Gasteiger charge is 2.30. The van der Waals surface area contributed by atoms with E-state index in [0.717, 1.165) is 17.7 Å². The number of benzene rings is 1. The smallest absolute Gasteiger partial charge is 0.407 e. The van der Waals surface area contributed by atoms with E-state index < -0.39 is 0 Å². The molecule has 1 saturated carbocycles. The highest BCUT2D eigenvalue weighted by atomic mass is 32.2. The fraction of sp³-hybridized carbons (Fsp3) is 0.533. The van der Waals surface area contributed by atoms with E-state index >= 15 is 0 Å². The lowest BCUT2D eigenvalue weighted by Crippen LogP contribution is -2.37. The molecule has 1 fully saturated rings. The molecule has 1 aliphatic rings. The van der Waals surface area contributed by atoms with Gasteiger partial charge in [-0.05, 0) is 18.4 Å². The quantitative estimate of drug-likeness (QED) is 0.786. The zero-order valence-electron chi connectivity index (χ0n) is 11.7. The van der Waals surface area contributed by atoms with Crippen LogP contribution in [-0.2, 0) is 16.1 Å². The van der Waals surface area contributed by atoms with Crippen molar-refractivity contribution < 1.29 is 14.3 Å². The molecule has 0 aromatic heterocycles. The standard InChI is InChI=1S/C15H21NO3S/c1-18-13-7-8-14(13)20-10-9-16-15(17)19-11-12-5-3-2-4-6-12/h2-6,13-14H,7-11H2,1H3,(H,16,17)/t13?,14-/m1/s1. The van der Waals surface area contributed by atoms with E-state index in [4.69, 9.17) is 9.47 Å². The molecule has 0 bridgehead atoms. The van der Waals surface area contributed by atoms with Crippen molar-refractivity contribution in [3.63, 3.8) is 0 Å². The summed E-state index contributed by atoms with van der Waals surface area (Å²) < 4.78 is 10.5. The van der Waals surface area contributed by atoms with Gasteiger partial charge in [-0.25, -0.2) is 4.79 Å². The molecular weight excluding hydrogens is 274 g/mol. The fourth-order valence-electron chi connectivity index (χ4n) is 2.04.